The van der Waals surface area contributed by atoms with E-state index in [2.05, 4.69) is 20.6 Å². The van der Waals surface area contributed by atoms with Crippen LogP contribution in [0, 0.1) is 0 Å². The molecule has 160 valence electrons. The predicted molar refractivity (Wildman–Crippen MR) is 112 cm³/mol. The molecule has 1 unspecified atom stereocenters. The summed E-state index contributed by atoms with van der Waals surface area (Å²) in [6.07, 6.45) is 6.88. The fourth-order valence-electron chi connectivity index (χ4n) is 4.21. The Morgan fingerprint density at radius 1 is 1.20 bits per heavy atom. The second kappa shape index (κ2) is 8.71. The molecule has 0 saturated carbocycles. The van der Waals surface area contributed by atoms with Gasteiger partial charge in [0.15, 0.2) is 11.9 Å². The summed E-state index contributed by atoms with van der Waals surface area (Å²) < 4.78 is 20.9. The lowest BCUT2D eigenvalue weighted by Gasteiger charge is -2.29. The first-order chi connectivity index (χ1) is 14.8. The molecule has 1 atom stereocenters. The Morgan fingerprint density at radius 3 is 2.90 bits per heavy atom. The Hall–Kier alpha value is -2.49. The first-order valence-corrected chi connectivity index (χ1v) is 10.7. The zero-order valence-corrected chi connectivity index (χ0v) is 17.4. The van der Waals surface area contributed by atoms with E-state index in [1.165, 1.54) is 0 Å². The fourth-order valence-corrected chi connectivity index (χ4v) is 4.21. The molecule has 2 saturated heterocycles. The highest BCUT2D eigenvalue weighted by molar-refractivity contribution is 5.89. The van der Waals surface area contributed by atoms with Crippen LogP contribution >= 0.6 is 0 Å². The van der Waals surface area contributed by atoms with Crippen LogP contribution in [0.1, 0.15) is 25.5 Å². The largest absolute Gasteiger partial charge is 0.383 e. The van der Waals surface area contributed by atoms with Crippen molar-refractivity contribution in [3.63, 3.8) is 0 Å². The van der Waals surface area contributed by atoms with Crippen LogP contribution in [0.4, 0.5) is 5.69 Å². The fraction of sp³-hybridized carbons (Fsp3) is 0.571. The summed E-state index contributed by atoms with van der Waals surface area (Å²) in [5.41, 5.74) is 4.72. The molecule has 5 rings (SSSR count). The molecule has 2 aliphatic heterocycles. The lowest BCUT2D eigenvalue weighted by molar-refractivity contribution is -0.0384. The molecule has 30 heavy (non-hydrogen) atoms. The highest BCUT2D eigenvalue weighted by Gasteiger charge is 2.23. The van der Waals surface area contributed by atoms with Gasteiger partial charge < -0.3 is 23.7 Å². The van der Waals surface area contributed by atoms with Gasteiger partial charge in [-0.3, -0.25) is 0 Å². The summed E-state index contributed by atoms with van der Waals surface area (Å²) in [7, 11) is 1.71. The average Bonchev–Trinajstić information content (AvgIpc) is 3.45. The van der Waals surface area contributed by atoms with E-state index in [0.717, 1.165) is 80.4 Å². The van der Waals surface area contributed by atoms with Crippen molar-refractivity contribution in [3.8, 4) is 11.4 Å². The van der Waals surface area contributed by atoms with Crippen LogP contribution in [0.15, 0.2) is 24.7 Å². The van der Waals surface area contributed by atoms with Gasteiger partial charge in [0.05, 0.1) is 43.2 Å². The lowest BCUT2D eigenvalue weighted by atomic mass is 10.1. The summed E-state index contributed by atoms with van der Waals surface area (Å²) in [5.74, 6) is 0. The number of nitrogens with zero attached hydrogens (tertiary/aromatic N) is 6. The summed E-state index contributed by atoms with van der Waals surface area (Å²) >= 11 is 0. The van der Waals surface area contributed by atoms with Crippen molar-refractivity contribution < 1.29 is 14.2 Å². The molecule has 0 bridgehead atoms. The lowest BCUT2D eigenvalue weighted by Crippen LogP contribution is -2.36. The summed E-state index contributed by atoms with van der Waals surface area (Å²) in [6.45, 7) is 5.21. The van der Waals surface area contributed by atoms with Gasteiger partial charge in [0.2, 0.25) is 0 Å². The zero-order chi connectivity index (χ0) is 20.3. The molecule has 0 aromatic carbocycles. The number of hydrogen-bond acceptors (Lipinski definition) is 7. The van der Waals surface area contributed by atoms with Crippen LogP contribution in [0.3, 0.4) is 0 Å². The van der Waals surface area contributed by atoms with Crippen molar-refractivity contribution in [2.75, 3.05) is 51.5 Å². The maximum absolute atomic E-state index is 5.99. The first kappa shape index (κ1) is 19.5. The van der Waals surface area contributed by atoms with E-state index in [9.17, 15) is 0 Å². The minimum absolute atomic E-state index is 0.0357. The molecule has 0 radical (unpaired) electrons. The van der Waals surface area contributed by atoms with Crippen LogP contribution < -0.4 is 4.90 Å². The highest BCUT2D eigenvalue weighted by atomic mass is 16.5. The predicted octanol–water partition coefficient (Wildman–Crippen LogP) is 2.48. The number of methoxy groups -OCH3 is 1. The third kappa shape index (κ3) is 3.68. The van der Waals surface area contributed by atoms with Gasteiger partial charge in [-0.15, -0.1) is 0 Å². The van der Waals surface area contributed by atoms with E-state index in [0.29, 0.717) is 13.2 Å². The second-order valence-electron chi connectivity index (χ2n) is 7.71. The Bertz CT molecular complexity index is 988. The van der Waals surface area contributed by atoms with Crippen molar-refractivity contribution >= 4 is 16.9 Å². The monoisotopic (exact) mass is 412 g/mol. The Kier molecular flexibility index (Phi) is 5.65. The molecule has 3 aromatic heterocycles. The highest BCUT2D eigenvalue weighted by Crippen LogP contribution is 2.33. The summed E-state index contributed by atoms with van der Waals surface area (Å²) in [4.78, 5) is 12.0. The third-order valence-corrected chi connectivity index (χ3v) is 5.80. The van der Waals surface area contributed by atoms with Crippen LogP contribution in [0.2, 0.25) is 0 Å². The molecule has 2 aliphatic rings. The minimum Gasteiger partial charge on any atom is -0.383 e. The van der Waals surface area contributed by atoms with Gasteiger partial charge in [-0.1, -0.05) is 0 Å². The molecule has 3 aromatic rings. The molecule has 0 aliphatic carbocycles. The van der Waals surface area contributed by atoms with Crippen molar-refractivity contribution in [2.24, 2.45) is 0 Å². The summed E-state index contributed by atoms with van der Waals surface area (Å²) in [6, 6.07) is 4.16. The van der Waals surface area contributed by atoms with Crippen molar-refractivity contribution in [2.45, 2.75) is 32.0 Å². The Labute approximate surface area is 175 Å². The maximum atomic E-state index is 5.99. The number of aromatic nitrogens is 5. The van der Waals surface area contributed by atoms with Gasteiger partial charge in [0.25, 0.3) is 0 Å². The second-order valence-corrected chi connectivity index (χ2v) is 7.71. The van der Waals surface area contributed by atoms with Gasteiger partial charge >= 0.3 is 0 Å². The van der Waals surface area contributed by atoms with Gasteiger partial charge in [0, 0.05) is 39.5 Å². The van der Waals surface area contributed by atoms with Gasteiger partial charge in [-0.25, -0.2) is 14.6 Å². The first-order valence-electron chi connectivity index (χ1n) is 10.7. The third-order valence-electron chi connectivity index (χ3n) is 5.80. The molecule has 9 heteroatoms. The normalized spacial score (nSPS) is 20.2. The van der Waals surface area contributed by atoms with Gasteiger partial charge in [-0.2, -0.15) is 5.10 Å². The number of fused-ring (bicyclic) bond motifs is 1. The van der Waals surface area contributed by atoms with Crippen molar-refractivity contribution in [1.29, 1.82) is 0 Å². The SMILES string of the molecule is COCCn1cnc2c(N3CCOCC3)cc(-c3ccnn3C3CCCCO3)nc21. The van der Waals surface area contributed by atoms with Crippen molar-refractivity contribution in [3.05, 3.63) is 24.7 Å². The molecular formula is C21H28N6O3. The number of imidazole rings is 1. The van der Waals surface area contributed by atoms with Crippen LogP contribution in [0.25, 0.3) is 22.6 Å². The van der Waals surface area contributed by atoms with Crippen LogP contribution in [-0.4, -0.2) is 70.9 Å². The molecule has 2 fully saturated rings. The number of rotatable bonds is 6. The number of ether oxygens (including phenoxy) is 3. The smallest absolute Gasteiger partial charge is 0.162 e. The van der Waals surface area contributed by atoms with E-state index in [4.69, 9.17) is 24.2 Å². The van der Waals surface area contributed by atoms with Crippen molar-refractivity contribution in [1.82, 2.24) is 24.3 Å². The topological polar surface area (TPSA) is 79.5 Å². The van der Waals surface area contributed by atoms with Crippen LogP contribution in [-0.2, 0) is 20.8 Å². The van der Waals surface area contributed by atoms with Crippen LogP contribution in [0.5, 0.6) is 0 Å². The number of pyridine rings is 1. The maximum Gasteiger partial charge on any atom is 0.162 e. The molecule has 9 nitrogen and oxygen atoms in total. The molecule has 5 heterocycles. The Morgan fingerprint density at radius 2 is 2.10 bits per heavy atom. The van der Waals surface area contributed by atoms with E-state index in [1.807, 2.05) is 23.3 Å². The molecule has 0 N–H and O–H groups in total. The quantitative estimate of drug-likeness (QED) is 0.615. The minimum atomic E-state index is -0.0357. The molecule has 0 amide bonds. The molecule has 0 spiro atoms. The average molecular weight is 412 g/mol. The summed E-state index contributed by atoms with van der Waals surface area (Å²) in [5, 5.41) is 4.57. The van der Waals surface area contributed by atoms with Gasteiger partial charge in [0.1, 0.15) is 5.52 Å². The van der Waals surface area contributed by atoms with Gasteiger partial charge in [-0.05, 0) is 31.4 Å². The Balaban J connectivity index is 1.60. The van der Waals surface area contributed by atoms with E-state index >= 15 is 0 Å². The number of hydrogen-bond donors (Lipinski definition) is 0. The standard InChI is InChI=1S/C21H28N6O3/c1-28-11-7-26-15-22-20-18(25-8-12-29-13-9-25)14-16(24-21(20)26)17-5-6-23-27(17)19-4-2-3-10-30-19/h5-6,14-15,19H,2-4,7-13H2,1H3. The zero-order valence-electron chi connectivity index (χ0n) is 17.4. The molecular weight excluding hydrogens is 384 g/mol. The number of anilines is 1. The van der Waals surface area contributed by atoms with E-state index < -0.39 is 0 Å². The van der Waals surface area contributed by atoms with E-state index in [-0.39, 0.29) is 6.23 Å². The number of morpholine rings is 1. The van der Waals surface area contributed by atoms with E-state index in [1.54, 1.807) is 7.11 Å².